The van der Waals surface area contributed by atoms with E-state index >= 15 is 0 Å². The number of nitrogens with zero attached hydrogens (tertiary/aromatic N) is 3. The van der Waals surface area contributed by atoms with E-state index in [1.165, 1.54) is 4.80 Å². The van der Waals surface area contributed by atoms with E-state index in [0.29, 0.717) is 12.1 Å². The maximum absolute atomic E-state index is 11.0. The van der Waals surface area contributed by atoms with Crippen LogP contribution in [0.25, 0.3) is 16.7 Å². The van der Waals surface area contributed by atoms with E-state index in [2.05, 4.69) is 10.2 Å². The maximum atomic E-state index is 11.0. The SMILES string of the molecule is CC(C)(C)c1c(CCC(=O)O)ccc(O)c1-n1nc2ccccc2n1. The van der Waals surface area contributed by atoms with Crippen LogP contribution in [0.3, 0.4) is 0 Å². The largest absolute Gasteiger partial charge is 0.506 e. The van der Waals surface area contributed by atoms with Crippen molar-refractivity contribution in [2.45, 2.75) is 39.0 Å². The number of phenolic OH excluding ortho intramolecular Hbond substituents is 1. The van der Waals surface area contributed by atoms with Gasteiger partial charge in [0.25, 0.3) is 0 Å². The Labute approximate surface area is 145 Å². The molecule has 2 N–H and O–H groups in total. The van der Waals surface area contributed by atoms with Gasteiger partial charge in [0.2, 0.25) is 0 Å². The molecule has 1 heterocycles. The summed E-state index contributed by atoms with van der Waals surface area (Å²) in [5.41, 5.74) is 3.39. The van der Waals surface area contributed by atoms with Gasteiger partial charge in [-0.15, -0.1) is 15.0 Å². The van der Waals surface area contributed by atoms with Gasteiger partial charge in [0.05, 0.1) is 0 Å². The molecule has 0 aliphatic heterocycles. The molecule has 0 spiro atoms. The van der Waals surface area contributed by atoms with Gasteiger partial charge in [-0.25, -0.2) is 0 Å². The first-order chi connectivity index (χ1) is 11.8. The van der Waals surface area contributed by atoms with Gasteiger partial charge >= 0.3 is 5.97 Å². The topological polar surface area (TPSA) is 88.2 Å². The van der Waals surface area contributed by atoms with E-state index in [4.69, 9.17) is 5.11 Å². The Bertz CT molecular complexity index is 906. The minimum atomic E-state index is -0.850. The van der Waals surface area contributed by atoms with Crippen molar-refractivity contribution in [2.24, 2.45) is 0 Å². The van der Waals surface area contributed by atoms with Crippen LogP contribution in [0.5, 0.6) is 5.75 Å². The molecule has 0 atom stereocenters. The second-order valence-electron chi connectivity index (χ2n) is 7.09. The highest BCUT2D eigenvalue weighted by Gasteiger charge is 2.26. The van der Waals surface area contributed by atoms with Crippen LogP contribution < -0.4 is 0 Å². The molecule has 6 heteroatoms. The van der Waals surface area contributed by atoms with Crippen LogP contribution in [0, 0.1) is 0 Å². The van der Waals surface area contributed by atoms with Crippen molar-refractivity contribution < 1.29 is 15.0 Å². The molecule has 0 aliphatic carbocycles. The van der Waals surface area contributed by atoms with E-state index in [1.54, 1.807) is 12.1 Å². The lowest BCUT2D eigenvalue weighted by Gasteiger charge is -2.26. The third-order valence-corrected chi connectivity index (χ3v) is 4.09. The quantitative estimate of drug-likeness (QED) is 0.760. The second kappa shape index (κ2) is 6.20. The summed E-state index contributed by atoms with van der Waals surface area (Å²) in [5, 5.41) is 28.5. The highest BCUT2D eigenvalue weighted by Crippen LogP contribution is 2.37. The summed E-state index contributed by atoms with van der Waals surface area (Å²) in [6, 6.07) is 10.9. The van der Waals surface area contributed by atoms with Gasteiger partial charge in [-0.2, -0.15) is 0 Å². The van der Waals surface area contributed by atoms with Gasteiger partial charge in [-0.05, 0) is 41.2 Å². The van der Waals surface area contributed by atoms with E-state index in [0.717, 1.165) is 22.2 Å². The van der Waals surface area contributed by atoms with Crippen LogP contribution >= 0.6 is 0 Å². The fraction of sp³-hybridized carbons (Fsp3) is 0.316. The third-order valence-electron chi connectivity index (χ3n) is 4.09. The molecule has 1 aromatic heterocycles. The van der Waals surface area contributed by atoms with Gasteiger partial charge in [-0.3, -0.25) is 4.79 Å². The lowest BCUT2D eigenvalue weighted by Crippen LogP contribution is -2.20. The number of carbonyl (C=O) groups is 1. The minimum Gasteiger partial charge on any atom is -0.506 e. The summed E-state index contributed by atoms with van der Waals surface area (Å²) in [6.07, 6.45) is 0.414. The zero-order valence-electron chi connectivity index (χ0n) is 14.5. The monoisotopic (exact) mass is 339 g/mol. The number of carboxylic acids is 1. The van der Waals surface area contributed by atoms with Crippen molar-refractivity contribution in [3.05, 3.63) is 47.5 Å². The van der Waals surface area contributed by atoms with Gasteiger partial charge in [0.1, 0.15) is 22.5 Å². The Morgan fingerprint density at radius 2 is 1.68 bits per heavy atom. The molecule has 0 saturated heterocycles. The first kappa shape index (κ1) is 17.0. The van der Waals surface area contributed by atoms with Crippen molar-refractivity contribution in [1.29, 1.82) is 0 Å². The van der Waals surface area contributed by atoms with E-state index in [1.807, 2.05) is 45.0 Å². The molecular weight excluding hydrogens is 318 g/mol. The fourth-order valence-corrected chi connectivity index (χ4v) is 3.07. The number of phenols is 1. The number of aromatic hydroxyl groups is 1. The summed E-state index contributed by atoms with van der Waals surface area (Å²) < 4.78 is 0. The molecular formula is C19H21N3O3. The standard InChI is InChI=1S/C19H21N3O3/c1-19(2,3)17-12(9-11-16(24)25)8-10-15(23)18(17)22-20-13-6-4-5-7-14(13)21-22/h4-8,10,23H,9,11H2,1-3H3,(H,24,25). The molecule has 25 heavy (non-hydrogen) atoms. The summed E-state index contributed by atoms with van der Waals surface area (Å²) in [6.45, 7) is 6.08. The third kappa shape index (κ3) is 3.33. The number of aromatic nitrogens is 3. The molecule has 0 fully saturated rings. The molecule has 0 amide bonds. The van der Waals surface area contributed by atoms with Crippen LogP contribution in [0.1, 0.15) is 38.3 Å². The second-order valence-corrected chi connectivity index (χ2v) is 7.09. The molecule has 2 aromatic carbocycles. The highest BCUT2D eigenvalue weighted by atomic mass is 16.4. The van der Waals surface area contributed by atoms with Crippen molar-refractivity contribution in [1.82, 2.24) is 15.0 Å². The summed E-state index contributed by atoms with van der Waals surface area (Å²) in [7, 11) is 0. The Hall–Kier alpha value is -2.89. The minimum absolute atomic E-state index is 0.0296. The lowest BCUT2D eigenvalue weighted by atomic mass is 9.81. The Balaban J connectivity index is 2.23. The van der Waals surface area contributed by atoms with Gasteiger partial charge in [0.15, 0.2) is 0 Å². The number of hydrogen-bond donors (Lipinski definition) is 2. The van der Waals surface area contributed by atoms with Crippen LogP contribution in [0.15, 0.2) is 36.4 Å². The smallest absolute Gasteiger partial charge is 0.303 e. The van der Waals surface area contributed by atoms with Gasteiger partial charge in [0, 0.05) is 6.42 Å². The Morgan fingerprint density at radius 1 is 1.08 bits per heavy atom. The summed E-state index contributed by atoms with van der Waals surface area (Å²) >= 11 is 0. The molecule has 3 rings (SSSR count). The van der Waals surface area contributed by atoms with Crippen molar-refractivity contribution in [3.8, 4) is 11.4 Å². The first-order valence-electron chi connectivity index (χ1n) is 8.17. The molecule has 0 bridgehead atoms. The van der Waals surface area contributed by atoms with Crippen molar-refractivity contribution in [3.63, 3.8) is 0 Å². The van der Waals surface area contributed by atoms with Crippen LogP contribution in [0.4, 0.5) is 0 Å². The van der Waals surface area contributed by atoms with Crippen LogP contribution in [-0.4, -0.2) is 31.2 Å². The number of rotatable bonds is 4. The zero-order chi connectivity index (χ0) is 18.2. The lowest BCUT2D eigenvalue weighted by molar-refractivity contribution is -0.136. The van der Waals surface area contributed by atoms with Crippen LogP contribution in [-0.2, 0) is 16.6 Å². The number of hydrogen-bond acceptors (Lipinski definition) is 4. The predicted octanol–water partition coefficient (Wildman–Crippen LogP) is 3.44. The van der Waals surface area contributed by atoms with E-state index in [9.17, 15) is 9.90 Å². The number of benzene rings is 2. The predicted molar refractivity (Wildman–Crippen MR) is 95.2 cm³/mol. The molecule has 130 valence electrons. The van der Waals surface area contributed by atoms with Gasteiger partial charge < -0.3 is 10.2 Å². The maximum Gasteiger partial charge on any atom is 0.303 e. The normalized spacial score (nSPS) is 11.8. The number of carboxylic acid groups (broad SMARTS) is 1. The van der Waals surface area contributed by atoms with Gasteiger partial charge in [-0.1, -0.05) is 39.0 Å². The molecule has 6 nitrogen and oxygen atoms in total. The summed E-state index contributed by atoms with van der Waals surface area (Å²) in [4.78, 5) is 12.4. The number of aryl methyl sites for hydroxylation is 1. The van der Waals surface area contributed by atoms with Crippen molar-refractivity contribution in [2.75, 3.05) is 0 Å². The molecule has 0 radical (unpaired) electrons. The molecule has 0 saturated carbocycles. The average Bonchev–Trinajstić information content (AvgIpc) is 2.95. The Kier molecular flexibility index (Phi) is 4.20. The fourth-order valence-electron chi connectivity index (χ4n) is 3.07. The van der Waals surface area contributed by atoms with Crippen LogP contribution in [0.2, 0.25) is 0 Å². The number of fused-ring (bicyclic) bond motifs is 1. The zero-order valence-corrected chi connectivity index (χ0v) is 14.5. The van der Waals surface area contributed by atoms with E-state index in [-0.39, 0.29) is 17.6 Å². The molecule has 0 unspecified atom stereocenters. The Morgan fingerprint density at radius 3 is 2.20 bits per heavy atom. The molecule has 3 aromatic rings. The summed E-state index contributed by atoms with van der Waals surface area (Å²) in [5.74, 6) is -0.776. The highest BCUT2D eigenvalue weighted by molar-refractivity contribution is 5.74. The number of aliphatic carboxylic acids is 1. The average molecular weight is 339 g/mol. The molecule has 0 aliphatic rings. The van der Waals surface area contributed by atoms with Crippen molar-refractivity contribution >= 4 is 17.0 Å². The first-order valence-corrected chi connectivity index (χ1v) is 8.17. The van der Waals surface area contributed by atoms with E-state index < -0.39 is 5.97 Å².